The minimum atomic E-state index is -0.876. The molecule has 1 rings (SSSR count). The second-order valence-electron chi connectivity index (χ2n) is 4.51. The van der Waals surface area contributed by atoms with E-state index in [1.807, 2.05) is 0 Å². The molecule has 1 saturated heterocycles. The molecule has 0 aromatic carbocycles. The summed E-state index contributed by atoms with van der Waals surface area (Å²) in [6, 6.07) is 0. The van der Waals surface area contributed by atoms with Gasteiger partial charge in [-0.05, 0) is 27.7 Å². The van der Waals surface area contributed by atoms with Crippen molar-refractivity contribution in [1.82, 2.24) is 10.1 Å². The van der Waals surface area contributed by atoms with Crippen LogP contribution in [0.5, 0.6) is 0 Å². The van der Waals surface area contributed by atoms with E-state index in [2.05, 4.69) is 10.2 Å². The van der Waals surface area contributed by atoms with Gasteiger partial charge < -0.3 is 5.21 Å². The molecule has 86 valence electrons. The van der Waals surface area contributed by atoms with E-state index in [-0.39, 0.29) is 0 Å². The number of azo groups is 1. The number of rotatable bonds is 1. The first-order chi connectivity index (χ1) is 6.76. The van der Waals surface area contributed by atoms with Gasteiger partial charge in [-0.15, -0.1) is 0 Å². The minimum absolute atomic E-state index is 0.501. The molecule has 0 atom stereocenters. The van der Waals surface area contributed by atoms with Gasteiger partial charge in [0.25, 0.3) is 0 Å². The summed E-state index contributed by atoms with van der Waals surface area (Å²) in [4.78, 5) is 0. The standard InChI is InChI=1S/C9H18N4O2/c1-8(2)7(6-11-10-5)12(14)9(3,4)13(8)15/h6,14-15H,1-5H3/b7-6+,11-10?. The Labute approximate surface area is 89.4 Å². The quantitative estimate of drug-likeness (QED) is 0.653. The van der Waals surface area contributed by atoms with E-state index in [9.17, 15) is 10.4 Å². The van der Waals surface area contributed by atoms with Crippen LogP contribution in [0.4, 0.5) is 0 Å². The molecular formula is C9H18N4O2. The lowest BCUT2D eigenvalue weighted by atomic mass is 10.0. The van der Waals surface area contributed by atoms with Crippen LogP contribution in [-0.4, -0.2) is 38.8 Å². The van der Waals surface area contributed by atoms with E-state index in [4.69, 9.17) is 0 Å². The van der Waals surface area contributed by atoms with Crippen molar-refractivity contribution in [2.75, 3.05) is 7.05 Å². The summed E-state index contributed by atoms with van der Waals surface area (Å²) in [5.41, 5.74) is -1.08. The maximum atomic E-state index is 9.94. The van der Waals surface area contributed by atoms with Crippen molar-refractivity contribution in [3.63, 3.8) is 0 Å². The van der Waals surface area contributed by atoms with E-state index in [0.717, 1.165) is 10.1 Å². The predicted octanol–water partition coefficient (Wildman–Crippen LogP) is 1.82. The van der Waals surface area contributed by atoms with Gasteiger partial charge in [0.05, 0.1) is 17.4 Å². The molecule has 0 saturated carbocycles. The van der Waals surface area contributed by atoms with Crippen LogP contribution in [0.15, 0.2) is 22.1 Å². The molecule has 6 heteroatoms. The molecular weight excluding hydrogens is 196 g/mol. The number of hydrogen-bond acceptors (Lipinski definition) is 6. The first kappa shape index (κ1) is 12.1. The highest BCUT2D eigenvalue weighted by atomic mass is 16.6. The average molecular weight is 214 g/mol. The molecule has 6 nitrogen and oxygen atoms in total. The van der Waals surface area contributed by atoms with Gasteiger partial charge in [0.1, 0.15) is 5.66 Å². The van der Waals surface area contributed by atoms with Gasteiger partial charge in [0, 0.05) is 7.05 Å². The molecule has 0 aromatic heterocycles. The van der Waals surface area contributed by atoms with Crippen LogP contribution in [0, 0.1) is 0 Å². The molecule has 1 aliphatic heterocycles. The predicted molar refractivity (Wildman–Crippen MR) is 54.3 cm³/mol. The molecule has 0 spiro atoms. The first-order valence-corrected chi connectivity index (χ1v) is 4.74. The summed E-state index contributed by atoms with van der Waals surface area (Å²) in [6.45, 7) is 7.00. The summed E-state index contributed by atoms with van der Waals surface area (Å²) >= 11 is 0. The van der Waals surface area contributed by atoms with Crippen molar-refractivity contribution in [3.05, 3.63) is 11.9 Å². The molecule has 1 heterocycles. The molecule has 0 aliphatic carbocycles. The van der Waals surface area contributed by atoms with Gasteiger partial charge >= 0.3 is 0 Å². The average Bonchev–Trinajstić information content (AvgIpc) is 2.25. The molecule has 15 heavy (non-hydrogen) atoms. The highest BCUT2D eigenvalue weighted by Gasteiger charge is 2.53. The number of hydroxylamine groups is 4. The van der Waals surface area contributed by atoms with Crippen LogP contribution < -0.4 is 0 Å². The zero-order chi connectivity index (χ0) is 11.9. The SMILES string of the molecule is CN=N/C=C1/N(O)C(C)(C)N(O)C1(C)C. The van der Waals surface area contributed by atoms with Crippen LogP contribution in [0.3, 0.4) is 0 Å². The smallest absolute Gasteiger partial charge is 0.136 e. The summed E-state index contributed by atoms with van der Waals surface area (Å²) in [7, 11) is 1.54. The summed E-state index contributed by atoms with van der Waals surface area (Å²) in [5.74, 6) is 0. The molecule has 0 unspecified atom stereocenters. The van der Waals surface area contributed by atoms with E-state index >= 15 is 0 Å². The fourth-order valence-electron chi connectivity index (χ4n) is 1.76. The van der Waals surface area contributed by atoms with E-state index in [1.54, 1.807) is 34.7 Å². The van der Waals surface area contributed by atoms with Gasteiger partial charge in [-0.1, -0.05) is 0 Å². The van der Waals surface area contributed by atoms with Crippen LogP contribution in [0.2, 0.25) is 0 Å². The Bertz CT molecular complexity index is 309. The summed E-state index contributed by atoms with van der Waals surface area (Å²) < 4.78 is 0. The van der Waals surface area contributed by atoms with Crippen molar-refractivity contribution in [1.29, 1.82) is 0 Å². The summed E-state index contributed by atoms with van der Waals surface area (Å²) in [5, 5.41) is 29.3. The Morgan fingerprint density at radius 2 is 1.73 bits per heavy atom. The van der Waals surface area contributed by atoms with Gasteiger partial charge in [-0.2, -0.15) is 15.3 Å². The maximum Gasteiger partial charge on any atom is 0.136 e. The molecule has 1 aliphatic rings. The number of nitrogens with zero attached hydrogens (tertiary/aromatic N) is 4. The van der Waals surface area contributed by atoms with E-state index in [1.165, 1.54) is 6.20 Å². The zero-order valence-corrected chi connectivity index (χ0v) is 9.76. The van der Waals surface area contributed by atoms with E-state index < -0.39 is 11.2 Å². The highest BCUT2D eigenvalue weighted by Crippen LogP contribution is 2.41. The Hall–Kier alpha value is -0.980. The lowest BCUT2D eigenvalue weighted by molar-refractivity contribution is -0.255. The highest BCUT2D eigenvalue weighted by molar-refractivity contribution is 5.21. The molecule has 0 aromatic rings. The Kier molecular flexibility index (Phi) is 2.86. The zero-order valence-electron chi connectivity index (χ0n) is 9.76. The second-order valence-corrected chi connectivity index (χ2v) is 4.51. The lowest BCUT2D eigenvalue weighted by Gasteiger charge is -2.33. The van der Waals surface area contributed by atoms with Gasteiger partial charge in [0.15, 0.2) is 0 Å². The molecule has 0 amide bonds. The Morgan fingerprint density at radius 1 is 1.20 bits per heavy atom. The minimum Gasteiger partial charge on any atom is -0.311 e. The topological polar surface area (TPSA) is 71.7 Å². The third kappa shape index (κ3) is 1.64. The molecule has 2 N–H and O–H groups in total. The van der Waals surface area contributed by atoms with Crippen molar-refractivity contribution in [3.8, 4) is 0 Å². The third-order valence-electron chi connectivity index (χ3n) is 2.72. The largest absolute Gasteiger partial charge is 0.311 e. The Morgan fingerprint density at radius 3 is 2.07 bits per heavy atom. The third-order valence-corrected chi connectivity index (χ3v) is 2.72. The van der Waals surface area contributed by atoms with Gasteiger partial charge in [-0.25, -0.2) is 5.06 Å². The van der Waals surface area contributed by atoms with Crippen LogP contribution in [-0.2, 0) is 0 Å². The lowest BCUT2D eigenvalue weighted by Crippen LogP contribution is -2.49. The van der Waals surface area contributed by atoms with Crippen molar-refractivity contribution in [2.24, 2.45) is 10.2 Å². The van der Waals surface area contributed by atoms with Gasteiger partial charge in [0.2, 0.25) is 0 Å². The number of hydrogen-bond donors (Lipinski definition) is 2. The van der Waals surface area contributed by atoms with Crippen LogP contribution in [0.1, 0.15) is 27.7 Å². The van der Waals surface area contributed by atoms with Crippen LogP contribution in [0.25, 0.3) is 0 Å². The Balaban J connectivity index is 3.19. The van der Waals surface area contributed by atoms with Crippen molar-refractivity contribution in [2.45, 2.75) is 38.9 Å². The molecule has 0 radical (unpaired) electrons. The van der Waals surface area contributed by atoms with Crippen LogP contribution >= 0.6 is 0 Å². The fraction of sp³-hybridized carbons (Fsp3) is 0.778. The van der Waals surface area contributed by atoms with Crippen molar-refractivity contribution >= 4 is 0 Å². The molecule has 0 bridgehead atoms. The normalized spacial score (nSPS) is 28.2. The van der Waals surface area contributed by atoms with E-state index in [0.29, 0.717) is 5.70 Å². The molecule has 1 fully saturated rings. The second kappa shape index (κ2) is 3.55. The van der Waals surface area contributed by atoms with Gasteiger partial charge in [-0.3, -0.25) is 5.21 Å². The monoisotopic (exact) mass is 214 g/mol. The summed E-state index contributed by atoms with van der Waals surface area (Å²) in [6.07, 6.45) is 1.44. The maximum absolute atomic E-state index is 9.94. The van der Waals surface area contributed by atoms with Crippen molar-refractivity contribution < 1.29 is 10.4 Å². The fourth-order valence-corrected chi connectivity index (χ4v) is 1.76. The first-order valence-electron chi connectivity index (χ1n) is 4.74.